The van der Waals surface area contributed by atoms with Crippen molar-refractivity contribution in [2.45, 2.75) is 12.8 Å². The second-order valence-corrected chi connectivity index (χ2v) is 5.98. The van der Waals surface area contributed by atoms with E-state index in [1.165, 1.54) is 18.2 Å². The summed E-state index contributed by atoms with van der Waals surface area (Å²) in [5, 5.41) is 24.1. The Bertz CT molecular complexity index is 937. The van der Waals surface area contributed by atoms with Gasteiger partial charge in [-0.25, -0.2) is 0 Å². The first-order chi connectivity index (χ1) is 12.4. The van der Waals surface area contributed by atoms with Crippen LogP contribution < -0.4 is 10.5 Å². The standard InChI is InChI=1S/C18H15ClN2O5/c19-10-1-3-12(4-2-10)25-17-8-11(22)7-16(23)14(17)6-5-13-9-15(18(20)24)21-26-13/h1-4,7-9,22-23H,5-6H2,(H2,20,24). The largest absolute Gasteiger partial charge is 0.508 e. The molecule has 0 aliphatic heterocycles. The van der Waals surface area contributed by atoms with Gasteiger partial charge in [0, 0.05) is 35.2 Å². The van der Waals surface area contributed by atoms with Crippen LogP contribution in [0.2, 0.25) is 5.02 Å². The Morgan fingerprint density at radius 3 is 2.54 bits per heavy atom. The third-order valence-electron chi connectivity index (χ3n) is 3.64. The van der Waals surface area contributed by atoms with Crippen LogP contribution in [0.3, 0.4) is 0 Å². The van der Waals surface area contributed by atoms with Gasteiger partial charge in [-0.3, -0.25) is 4.79 Å². The minimum absolute atomic E-state index is 0.0348. The van der Waals surface area contributed by atoms with Gasteiger partial charge in [-0.05, 0) is 30.7 Å². The smallest absolute Gasteiger partial charge is 0.270 e. The van der Waals surface area contributed by atoms with Gasteiger partial charge in [0.05, 0.1) is 0 Å². The van der Waals surface area contributed by atoms with Gasteiger partial charge in [0.2, 0.25) is 0 Å². The molecule has 7 nitrogen and oxygen atoms in total. The van der Waals surface area contributed by atoms with Crippen molar-refractivity contribution in [1.29, 1.82) is 0 Å². The highest BCUT2D eigenvalue weighted by atomic mass is 35.5. The zero-order valence-corrected chi connectivity index (χ0v) is 14.2. The van der Waals surface area contributed by atoms with E-state index < -0.39 is 5.91 Å². The third-order valence-corrected chi connectivity index (χ3v) is 3.90. The Hall–Kier alpha value is -3.19. The first kappa shape index (κ1) is 17.6. The van der Waals surface area contributed by atoms with Crippen molar-refractivity contribution in [3.05, 3.63) is 64.5 Å². The predicted octanol–water partition coefficient (Wildman–Crippen LogP) is 3.42. The Labute approximate surface area is 153 Å². The number of aromatic nitrogens is 1. The van der Waals surface area contributed by atoms with Crippen LogP contribution in [0.25, 0.3) is 0 Å². The molecule has 1 amide bonds. The average Bonchev–Trinajstić information content (AvgIpc) is 3.05. The van der Waals surface area contributed by atoms with Crippen LogP contribution >= 0.6 is 11.6 Å². The molecule has 0 saturated carbocycles. The monoisotopic (exact) mass is 374 g/mol. The van der Waals surface area contributed by atoms with Gasteiger partial charge < -0.3 is 25.2 Å². The summed E-state index contributed by atoms with van der Waals surface area (Å²) in [6.07, 6.45) is 0.665. The van der Waals surface area contributed by atoms with Crippen LogP contribution in [0.15, 0.2) is 47.0 Å². The Kier molecular flexibility index (Phi) is 4.99. The number of halogens is 1. The minimum atomic E-state index is -0.681. The van der Waals surface area contributed by atoms with Crippen LogP contribution in [0.5, 0.6) is 23.0 Å². The number of ether oxygens (including phenoxy) is 1. The van der Waals surface area contributed by atoms with Gasteiger partial charge in [0.25, 0.3) is 5.91 Å². The molecule has 3 rings (SSSR count). The lowest BCUT2D eigenvalue weighted by atomic mass is 10.1. The number of rotatable bonds is 6. The Morgan fingerprint density at radius 2 is 1.88 bits per heavy atom. The first-order valence-corrected chi connectivity index (χ1v) is 8.04. The van der Waals surface area contributed by atoms with Crippen molar-refractivity contribution in [1.82, 2.24) is 5.16 Å². The highest BCUT2D eigenvalue weighted by Crippen LogP contribution is 2.36. The fraction of sp³-hybridized carbons (Fsp3) is 0.111. The first-order valence-electron chi connectivity index (χ1n) is 7.66. The third kappa shape index (κ3) is 4.07. The van der Waals surface area contributed by atoms with Crippen LogP contribution in [0, 0.1) is 0 Å². The van der Waals surface area contributed by atoms with Crippen LogP contribution in [-0.2, 0) is 12.8 Å². The van der Waals surface area contributed by atoms with Crippen molar-refractivity contribution >= 4 is 17.5 Å². The summed E-state index contributed by atoms with van der Waals surface area (Å²) in [4.78, 5) is 11.1. The van der Waals surface area contributed by atoms with Gasteiger partial charge in [0.1, 0.15) is 28.8 Å². The SMILES string of the molecule is NC(=O)c1cc(CCc2c(O)cc(O)cc2Oc2ccc(Cl)cc2)on1. The number of aryl methyl sites for hydroxylation is 1. The van der Waals surface area contributed by atoms with E-state index in [0.29, 0.717) is 40.7 Å². The minimum Gasteiger partial charge on any atom is -0.508 e. The number of hydrogen-bond acceptors (Lipinski definition) is 6. The number of nitrogens with zero attached hydrogens (tertiary/aromatic N) is 1. The number of amides is 1. The summed E-state index contributed by atoms with van der Waals surface area (Å²) in [5.74, 6) is 0.285. The molecular formula is C18H15ClN2O5. The lowest BCUT2D eigenvalue weighted by Crippen LogP contribution is -2.10. The normalized spacial score (nSPS) is 10.7. The molecule has 4 N–H and O–H groups in total. The van der Waals surface area contributed by atoms with Crippen molar-refractivity contribution in [2.75, 3.05) is 0 Å². The number of phenolic OH excluding ortho intramolecular Hbond substituents is 2. The van der Waals surface area contributed by atoms with E-state index in [0.717, 1.165) is 0 Å². The zero-order valence-electron chi connectivity index (χ0n) is 13.5. The number of phenols is 2. The summed E-state index contributed by atoms with van der Waals surface area (Å²) < 4.78 is 10.8. The molecule has 1 heterocycles. The topological polar surface area (TPSA) is 119 Å². The molecule has 0 radical (unpaired) electrons. The number of hydrogen-bond donors (Lipinski definition) is 3. The average molecular weight is 375 g/mol. The molecule has 2 aromatic carbocycles. The molecular weight excluding hydrogens is 360 g/mol. The predicted molar refractivity (Wildman–Crippen MR) is 93.7 cm³/mol. The molecule has 3 aromatic rings. The van der Waals surface area contributed by atoms with Crippen molar-refractivity contribution in [3.8, 4) is 23.0 Å². The van der Waals surface area contributed by atoms with Crippen molar-refractivity contribution in [2.24, 2.45) is 5.73 Å². The molecule has 0 spiro atoms. The van der Waals surface area contributed by atoms with Gasteiger partial charge in [0.15, 0.2) is 5.69 Å². The summed E-state index contributed by atoms with van der Waals surface area (Å²) in [5.41, 5.74) is 5.64. The van der Waals surface area contributed by atoms with Crippen molar-refractivity contribution in [3.63, 3.8) is 0 Å². The van der Waals surface area contributed by atoms with Gasteiger partial charge in [-0.2, -0.15) is 0 Å². The van der Waals surface area contributed by atoms with E-state index in [-0.39, 0.29) is 17.2 Å². The molecule has 0 saturated heterocycles. The summed E-state index contributed by atoms with van der Waals surface area (Å²) in [6, 6.07) is 10.7. The fourth-order valence-electron chi connectivity index (χ4n) is 2.38. The maximum atomic E-state index is 11.1. The Balaban J connectivity index is 1.83. The maximum Gasteiger partial charge on any atom is 0.270 e. The number of carbonyl (C=O) groups is 1. The number of aromatic hydroxyl groups is 2. The number of primary amides is 1. The van der Waals surface area contributed by atoms with Crippen LogP contribution in [-0.4, -0.2) is 21.3 Å². The number of carbonyl (C=O) groups excluding carboxylic acids is 1. The van der Waals surface area contributed by atoms with E-state index >= 15 is 0 Å². The molecule has 0 fully saturated rings. The molecule has 0 bridgehead atoms. The zero-order chi connectivity index (χ0) is 18.7. The number of benzene rings is 2. The molecule has 0 unspecified atom stereocenters. The summed E-state index contributed by atoms with van der Waals surface area (Å²) >= 11 is 5.85. The van der Waals surface area contributed by atoms with E-state index in [2.05, 4.69) is 5.16 Å². The molecule has 26 heavy (non-hydrogen) atoms. The molecule has 8 heteroatoms. The van der Waals surface area contributed by atoms with Gasteiger partial charge >= 0.3 is 0 Å². The lowest BCUT2D eigenvalue weighted by Gasteiger charge is -2.13. The molecule has 0 aliphatic rings. The highest BCUT2D eigenvalue weighted by molar-refractivity contribution is 6.30. The number of nitrogens with two attached hydrogens (primary N) is 1. The molecule has 0 atom stereocenters. The maximum absolute atomic E-state index is 11.1. The van der Waals surface area contributed by atoms with E-state index in [1.54, 1.807) is 24.3 Å². The fourth-order valence-corrected chi connectivity index (χ4v) is 2.51. The molecule has 0 aliphatic carbocycles. The van der Waals surface area contributed by atoms with Gasteiger partial charge in [-0.1, -0.05) is 16.8 Å². The van der Waals surface area contributed by atoms with Crippen LogP contribution in [0.1, 0.15) is 21.8 Å². The van der Waals surface area contributed by atoms with E-state index in [9.17, 15) is 15.0 Å². The van der Waals surface area contributed by atoms with Crippen LogP contribution in [0.4, 0.5) is 0 Å². The van der Waals surface area contributed by atoms with Crippen molar-refractivity contribution < 1.29 is 24.3 Å². The second kappa shape index (κ2) is 7.37. The highest BCUT2D eigenvalue weighted by Gasteiger charge is 2.15. The molecule has 134 valence electrons. The summed E-state index contributed by atoms with van der Waals surface area (Å²) in [6.45, 7) is 0. The quantitative estimate of drug-likeness (QED) is 0.608. The van der Waals surface area contributed by atoms with E-state index in [4.69, 9.17) is 26.6 Å². The summed E-state index contributed by atoms with van der Waals surface area (Å²) in [7, 11) is 0. The van der Waals surface area contributed by atoms with Gasteiger partial charge in [-0.15, -0.1) is 0 Å². The molecule has 1 aromatic heterocycles. The van der Waals surface area contributed by atoms with E-state index in [1.807, 2.05) is 0 Å². The lowest BCUT2D eigenvalue weighted by molar-refractivity contribution is 0.0991. The Morgan fingerprint density at radius 1 is 1.15 bits per heavy atom. The second-order valence-electron chi connectivity index (χ2n) is 5.54.